The second-order valence-electron chi connectivity index (χ2n) is 17.5. The van der Waals surface area contributed by atoms with Crippen molar-refractivity contribution in [3.8, 4) is 55.6 Å². The number of fused-ring (bicyclic) bond motifs is 11. The minimum absolute atomic E-state index is 0.0626. The molecule has 2 aliphatic rings. The molecule has 10 aromatic rings. The molecule has 0 unspecified atom stereocenters. The van der Waals surface area contributed by atoms with Crippen LogP contribution in [0.1, 0.15) is 49.9 Å². The van der Waals surface area contributed by atoms with Gasteiger partial charge in [-0.1, -0.05) is 204 Å². The monoisotopic (exact) mass is 738 g/mol. The fourth-order valence-corrected chi connectivity index (χ4v) is 11.3. The van der Waals surface area contributed by atoms with Crippen LogP contribution in [0.15, 0.2) is 182 Å². The highest BCUT2D eigenvalue weighted by Crippen LogP contribution is 2.59. The Morgan fingerprint density at radius 3 is 1.31 bits per heavy atom. The molecule has 0 spiro atoms. The maximum atomic E-state index is 2.50. The van der Waals surface area contributed by atoms with Gasteiger partial charge in [-0.15, -0.1) is 0 Å². The molecule has 0 atom stereocenters. The van der Waals surface area contributed by atoms with Gasteiger partial charge < -0.3 is 0 Å². The third-order valence-electron chi connectivity index (χ3n) is 13.8. The predicted molar refractivity (Wildman–Crippen MR) is 248 cm³/mol. The van der Waals surface area contributed by atoms with Crippen molar-refractivity contribution in [2.75, 3.05) is 0 Å². The lowest BCUT2D eigenvalue weighted by Crippen LogP contribution is -2.24. The second kappa shape index (κ2) is 11.9. The van der Waals surface area contributed by atoms with Gasteiger partial charge in [0.15, 0.2) is 0 Å². The van der Waals surface area contributed by atoms with E-state index in [4.69, 9.17) is 0 Å². The lowest BCUT2D eigenvalue weighted by molar-refractivity contribution is 0.601. The molecule has 0 N–H and O–H groups in total. The summed E-state index contributed by atoms with van der Waals surface area (Å²) < 4.78 is 0. The highest BCUT2D eigenvalue weighted by Gasteiger charge is 2.45. The summed E-state index contributed by atoms with van der Waals surface area (Å²) in [4.78, 5) is 0. The molecular weight excluding hydrogens is 697 g/mol. The molecule has 0 bridgehead atoms. The van der Waals surface area contributed by atoms with Crippen molar-refractivity contribution < 1.29 is 0 Å². The fourth-order valence-electron chi connectivity index (χ4n) is 11.3. The van der Waals surface area contributed by atoms with Gasteiger partial charge in [-0.3, -0.25) is 0 Å². The number of hydrogen-bond acceptors (Lipinski definition) is 0. The molecule has 12 rings (SSSR count). The SMILES string of the molecule is CC1(C)c2ccccc2-c2ccc3c(c21)C(C)(C)c1cc(-c2ccc(-c4c5ccccc5c(-c5cccc6ccccc56)c5ccccc45)c4ccccc24)ccc1-3. The molecule has 0 fully saturated rings. The van der Waals surface area contributed by atoms with Gasteiger partial charge in [-0.2, -0.15) is 0 Å². The van der Waals surface area contributed by atoms with Gasteiger partial charge in [-0.25, -0.2) is 0 Å². The van der Waals surface area contributed by atoms with Crippen molar-refractivity contribution >= 4 is 43.1 Å². The summed E-state index contributed by atoms with van der Waals surface area (Å²) in [6.45, 7) is 9.72. The van der Waals surface area contributed by atoms with Crippen molar-refractivity contribution in [1.82, 2.24) is 0 Å². The van der Waals surface area contributed by atoms with E-state index in [0.717, 1.165) is 0 Å². The van der Waals surface area contributed by atoms with Crippen LogP contribution in [0.2, 0.25) is 0 Å². The molecule has 0 aliphatic heterocycles. The van der Waals surface area contributed by atoms with E-state index in [-0.39, 0.29) is 10.8 Å². The molecule has 0 nitrogen and oxygen atoms in total. The van der Waals surface area contributed by atoms with Gasteiger partial charge in [0.1, 0.15) is 0 Å². The van der Waals surface area contributed by atoms with Gasteiger partial charge in [-0.05, 0) is 127 Å². The minimum Gasteiger partial charge on any atom is -0.0619 e. The molecule has 58 heavy (non-hydrogen) atoms. The molecule has 10 aromatic carbocycles. The summed E-state index contributed by atoms with van der Waals surface area (Å²) in [5.74, 6) is 0. The average Bonchev–Trinajstić information content (AvgIpc) is 3.64. The Balaban J connectivity index is 1.05. The summed E-state index contributed by atoms with van der Waals surface area (Å²) in [6.07, 6.45) is 0. The Hall–Kier alpha value is -6.76. The number of benzene rings is 10. The van der Waals surface area contributed by atoms with Crippen molar-refractivity contribution in [3.63, 3.8) is 0 Å². The Bertz CT molecular complexity index is 3330. The second-order valence-corrected chi connectivity index (χ2v) is 17.5. The lowest BCUT2D eigenvalue weighted by atomic mass is 9.72. The highest BCUT2D eigenvalue weighted by molar-refractivity contribution is 6.25. The Labute approximate surface area is 340 Å². The number of hydrogen-bond donors (Lipinski definition) is 0. The smallest absolute Gasteiger partial charge is 0.0162 e. The van der Waals surface area contributed by atoms with Crippen molar-refractivity contribution in [1.29, 1.82) is 0 Å². The van der Waals surface area contributed by atoms with Crippen molar-refractivity contribution in [3.05, 3.63) is 204 Å². The Kier molecular flexibility index (Phi) is 6.84. The zero-order valence-corrected chi connectivity index (χ0v) is 33.3. The molecular formula is C58H42. The molecule has 0 heteroatoms. The van der Waals surface area contributed by atoms with E-state index in [1.807, 2.05) is 0 Å². The molecule has 0 amide bonds. The van der Waals surface area contributed by atoms with E-state index in [0.29, 0.717) is 0 Å². The largest absolute Gasteiger partial charge is 0.0619 e. The Morgan fingerprint density at radius 2 is 0.672 bits per heavy atom. The molecule has 0 aromatic heterocycles. The standard InChI is InChI=1S/C58H42/c1-57(2)51-27-14-13-21-41(51)49-32-33-50-42-29-28-36(34-52(42)58(3,4)56(50)55(49)57)38-30-31-48(40-20-8-7-19-39(38)40)54-46-24-11-9-22-44(46)53(45-23-10-12-25-47(45)54)43-26-15-17-35-16-5-6-18-37(35)43/h5-34H,1-4H3. The highest BCUT2D eigenvalue weighted by atomic mass is 14.5. The molecule has 274 valence electrons. The van der Waals surface area contributed by atoms with Crippen molar-refractivity contribution in [2.45, 2.75) is 38.5 Å². The number of rotatable bonds is 3. The van der Waals surface area contributed by atoms with Gasteiger partial charge >= 0.3 is 0 Å². The predicted octanol–water partition coefficient (Wildman–Crippen LogP) is 15.9. The molecule has 0 heterocycles. The van der Waals surface area contributed by atoms with Gasteiger partial charge in [0.25, 0.3) is 0 Å². The molecule has 0 radical (unpaired) electrons. The minimum atomic E-state index is -0.148. The first-order valence-electron chi connectivity index (χ1n) is 20.7. The normalized spacial score (nSPS) is 14.5. The lowest BCUT2D eigenvalue weighted by Gasteiger charge is -2.30. The zero-order valence-electron chi connectivity index (χ0n) is 33.3. The van der Waals surface area contributed by atoms with E-state index in [9.17, 15) is 0 Å². The molecule has 0 saturated heterocycles. The first kappa shape index (κ1) is 33.4. The molecule has 0 saturated carbocycles. The van der Waals surface area contributed by atoms with E-state index in [1.54, 1.807) is 0 Å². The fraction of sp³-hybridized carbons (Fsp3) is 0.103. The first-order chi connectivity index (χ1) is 28.3. The van der Waals surface area contributed by atoms with E-state index < -0.39 is 0 Å². The quantitative estimate of drug-likeness (QED) is 0.158. The summed E-state index contributed by atoms with van der Waals surface area (Å²) in [5, 5.41) is 10.2. The van der Waals surface area contributed by atoms with Crippen LogP contribution in [0.25, 0.3) is 98.7 Å². The maximum Gasteiger partial charge on any atom is 0.0162 e. The van der Waals surface area contributed by atoms with Crippen LogP contribution in [-0.4, -0.2) is 0 Å². The van der Waals surface area contributed by atoms with Gasteiger partial charge in [0.05, 0.1) is 0 Å². The van der Waals surface area contributed by atoms with Crippen LogP contribution in [0.3, 0.4) is 0 Å². The third-order valence-corrected chi connectivity index (χ3v) is 13.8. The van der Waals surface area contributed by atoms with Crippen LogP contribution in [-0.2, 0) is 10.8 Å². The Morgan fingerprint density at radius 1 is 0.276 bits per heavy atom. The van der Waals surface area contributed by atoms with Crippen LogP contribution >= 0.6 is 0 Å². The van der Waals surface area contributed by atoms with Gasteiger partial charge in [0, 0.05) is 10.8 Å². The summed E-state index contributed by atoms with van der Waals surface area (Å²) in [5.41, 5.74) is 18.8. The molecule has 2 aliphatic carbocycles. The average molecular weight is 739 g/mol. The van der Waals surface area contributed by atoms with E-state index >= 15 is 0 Å². The summed E-state index contributed by atoms with van der Waals surface area (Å²) in [7, 11) is 0. The summed E-state index contributed by atoms with van der Waals surface area (Å²) in [6, 6.07) is 68.4. The van der Waals surface area contributed by atoms with Crippen LogP contribution in [0.5, 0.6) is 0 Å². The van der Waals surface area contributed by atoms with Crippen LogP contribution in [0.4, 0.5) is 0 Å². The zero-order chi connectivity index (χ0) is 38.9. The summed E-state index contributed by atoms with van der Waals surface area (Å²) >= 11 is 0. The first-order valence-corrected chi connectivity index (χ1v) is 20.7. The van der Waals surface area contributed by atoms with E-state index in [1.165, 1.54) is 121 Å². The van der Waals surface area contributed by atoms with E-state index in [2.05, 4.69) is 210 Å². The topological polar surface area (TPSA) is 0 Å². The van der Waals surface area contributed by atoms with Crippen molar-refractivity contribution in [2.24, 2.45) is 0 Å². The maximum absolute atomic E-state index is 2.50. The third kappa shape index (κ3) is 4.41. The van der Waals surface area contributed by atoms with Gasteiger partial charge in [0.2, 0.25) is 0 Å². The van der Waals surface area contributed by atoms with Crippen LogP contribution in [0, 0.1) is 0 Å². The van der Waals surface area contributed by atoms with Crippen LogP contribution < -0.4 is 0 Å².